The van der Waals surface area contributed by atoms with Crippen LogP contribution in [0.2, 0.25) is 0 Å². The fraction of sp³-hybridized carbons (Fsp3) is 0.364. The van der Waals surface area contributed by atoms with Crippen LogP contribution in [0.3, 0.4) is 0 Å². The Morgan fingerprint density at radius 3 is 2.56 bits per heavy atom. The van der Waals surface area contributed by atoms with Crippen molar-refractivity contribution in [1.82, 2.24) is 10.2 Å². The van der Waals surface area contributed by atoms with Gasteiger partial charge in [-0.1, -0.05) is 55.8 Å². The number of benzene rings is 2. The molecule has 1 saturated heterocycles. The molecule has 27 heavy (non-hydrogen) atoms. The van der Waals surface area contributed by atoms with Gasteiger partial charge in [-0.25, -0.2) is 0 Å². The van der Waals surface area contributed by atoms with Crippen LogP contribution in [-0.2, 0) is 11.3 Å². The van der Waals surface area contributed by atoms with E-state index in [1.807, 2.05) is 66.4 Å². The van der Waals surface area contributed by atoms with Crippen LogP contribution in [-0.4, -0.2) is 28.5 Å². The minimum absolute atomic E-state index is 0.00571. The molecule has 5 heteroatoms. The highest BCUT2D eigenvalue weighted by Crippen LogP contribution is 2.39. The maximum atomic E-state index is 12.4. The van der Waals surface area contributed by atoms with Crippen LogP contribution in [0.1, 0.15) is 53.5 Å². The standard InChI is InChI=1S/C22H26N2O2S/c1-3-7-16(2)23-21(26)18-10-12-19(13-11-18)22-24(20(25)15-27-22)14-17-8-5-4-6-9-17/h4-6,8-13,16,22H,3,7,14-15H2,1-2H3,(H,23,26)/t16-,22-/m0/s1. The summed E-state index contributed by atoms with van der Waals surface area (Å²) >= 11 is 1.64. The molecule has 0 spiro atoms. The summed E-state index contributed by atoms with van der Waals surface area (Å²) in [6.07, 6.45) is 2.02. The number of hydrogen-bond acceptors (Lipinski definition) is 3. The van der Waals surface area contributed by atoms with E-state index in [2.05, 4.69) is 12.2 Å². The van der Waals surface area contributed by atoms with E-state index in [9.17, 15) is 9.59 Å². The number of nitrogens with zero attached hydrogens (tertiary/aromatic N) is 1. The largest absolute Gasteiger partial charge is 0.350 e. The number of rotatable bonds is 7. The predicted molar refractivity (Wildman–Crippen MR) is 110 cm³/mol. The van der Waals surface area contributed by atoms with Crippen LogP contribution in [0, 0.1) is 0 Å². The van der Waals surface area contributed by atoms with Crippen molar-refractivity contribution in [3.05, 3.63) is 71.3 Å². The normalized spacial score (nSPS) is 17.8. The Bertz CT molecular complexity index is 777. The van der Waals surface area contributed by atoms with E-state index in [-0.39, 0.29) is 23.2 Å². The van der Waals surface area contributed by atoms with Crippen LogP contribution in [0.25, 0.3) is 0 Å². The highest BCUT2D eigenvalue weighted by molar-refractivity contribution is 8.00. The maximum absolute atomic E-state index is 12.4. The predicted octanol–water partition coefficient (Wildman–Crippen LogP) is 4.38. The number of carbonyl (C=O) groups is 2. The smallest absolute Gasteiger partial charge is 0.251 e. The first-order valence-electron chi connectivity index (χ1n) is 9.44. The summed E-state index contributed by atoms with van der Waals surface area (Å²) in [4.78, 5) is 26.6. The fourth-order valence-corrected chi connectivity index (χ4v) is 4.48. The van der Waals surface area contributed by atoms with Crippen LogP contribution < -0.4 is 5.32 Å². The van der Waals surface area contributed by atoms with E-state index < -0.39 is 0 Å². The van der Waals surface area contributed by atoms with Crippen LogP contribution >= 0.6 is 11.8 Å². The SMILES string of the molecule is CCC[C@H](C)NC(=O)c1ccc([C@@H]2SCC(=O)N2Cc2ccccc2)cc1. The molecule has 0 aromatic heterocycles. The van der Waals surface area contributed by atoms with Crippen molar-refractivity contribution in [3.63, 3.8) is 0 Å². The van der Waals surface area contributed by atoms with Crippen molar-refractivity contribution in [3.8, 4) is 0 Å². The molecule has 3 rings (SSSR count). The van der Waals surface area contributed by atoms with Crippen molar-refractivity contribution < 1.29 is 9.59 Å². The summed E-state index contributed by atoms with van der Waals surface area (Å²) in [5.74, 6) is 0.608. The van der Waals surface area contributed by atoms with Crippen LogP contribution in [0.15, 0.2) is 54.6 Å². The zero-order valence-electron chi connectivity index (χ0n) is 15.9. The van der Waals surface area contributed by atoms with Gasteiger partial charge in [-0.2, -0.15) is 0 Å². The molecule has 2 amide bonds. The Balaban J connectivity index is 1.70. The Morgan fingerprint density at radius 2 is 1.89 bits per heavy atom. The number of nitrogens with one attached hydrogen (secondary N) is 1. The molecule has 0 unspecified atom stereocenters. The molecular formula is C22H26N2O2S. The average Bonchev–Trinajstić information content (AvgIpc) is 3.03. The molecule has 0 aliphatic carbocycles. The zero-order valence-corrected chi connectivity index (χ0v) is 16.7. The fourth-order valence-electron chi connectivity index (χ4n) is 3.29. The van der Waals surface area contributed by atoms with E-state index in [1.165, 1.54) is 0 Å². The second-order valence-corrected chi connectivity index (χ2v) is 8.02. The molecule has 0 saturated carbocycles. The Kier molecular flexibility index (Phi) is 6.56. The quantitative estimate of drug-likeness (QED) is 0.773. The summed E-state index contributed by atoms with van der Waals surface area (Å²) in [5.41, 5.74) is 2.84. The molecule has 2 atom stereocenters. The van der Waals surface area contributed by atoms with Gasteiger partial charge >= 0.3 is 0 Å². The van der Waals surface area contributed by atoms with Gasteiger partial charge in [-0.3, -0.25) is 9.59 Å². The Morgan fingerprint density at radius 1 is 1.19 bits per heavy atom. The third kappa shape index (κ3) is 4.92. The highest BCUT2D eigenvalue weighted by atomic mass is 32.2. The topological polar surface area (TPSA) is 49.4 Å². The van der Waals surface area contributed by atoms with Gasteiger partial charge in [-0.05, 0) is 36.6 Å². The Labute approximate surface area is 165 Å². The van der Waals surface area contributed by atoms with Crippen molar-refractivity contribution in [2.75, 3.05) is 5.75 Å². The summed E-state index contributed by atoms with van der Waals surface area (Å²) in [7, 11) is 0. The minimum atomic E-state index is -0.0428. The second-order valence-electron chi connectivity index (χ2n) is 6.96. The Hall–Kier alpha value is -2.27. The van der Waals surface area contributed by atoms with E-state index >= 15 is 0 Å². The van der Waals surface area contributed by atoms with Gasteiger partial charge in [0.15, 0.2) is 0 Å². The number of hydrogen-bond donors (Lipinski definition) is 1. The molecule has 1 fully saturated rings. The lowest BCUT2D eigenvalue weighted by molar-refractivity contribution is -0.128. The van der Waals surface area contributed by atoms with E-state index in [4.69, 9.17) is 0 Å². The van der Waals surface area contributed by atoms with Crippen LogP contribution in [0.5, 0.6) is 0 Å². The highest BCUT2D eigenvalue weighted by Gasteiger charge is 2.32. The van der Waals surface area contributed by atoms with Gasteiger partial charge in [0.05, 0.1) is 5.75 Å². The maximum Gasteiger partial charge on any atom is 0.251 e. The molecule has 0 bridgehead atoms. The number of amides is 2. The van der Waals surface area contributed by atoms with Gasteiger partial charge in [0.2, 0.25) is 5.91 Å². The van der Waals surface area contributed by atoms with Gasteiger partial charge in [0.25, 0.3) is 5.91 Å². The molecule has 1 heterocycles. The molecule has 2 aromatic carbocycles. The molecule has 4 nitrogen and oxygen atoms in total. The molecule has 1 N–H and O–H groups in total. The zero-order chi connectivity index (χ0) is 19.2. The van der Waals surface area contributed by atoms with E-state index in [0.29, 0.717) is 17.9 Å². The molecule has 2 aromatic rings. The first kappa shape index (κ1) is 19.5. The third-order valence-corrected chi connectivity index (χ3v) is 5.98. The van der Waals surface area contributed by atoms with Gasteiger partial charge in [-0.15, -0.1) is 11.8 Å². The summed E-state index contributed by atoms with van der Waals surface area (Å²) in [5, 5.41) is 3.02. The summed E-state index contributed by atoms with van der Waals surface area (Å²) < 4.78 is 0. The first-order chi connectivity index (χ1) is 13.1. The van der Waals surface area contributed by atoms with Crippen molar-refractivity contribution >= 4 is 23.6 Å². The lowest BCUT2D eigenvalue weighted by Gasteiger charge is -2.24. The van der Waals surface area contributed by atoms with Crippen molar-refractivity contribution in [2.24, 2.45) is 0 Å². The van der Waals surface area contributed by atoms with Crippen molar-refractivity contribution in [1.29, 1.82) is 0 Å². The van der Waals surface area contributed by atoms with E-state index in [0.717, 1.165) is 24.0 Å². The van der Waals surface area contributed by atoms with Gasteiger partial charge < -0.3 is 10.2 Å². The van der Waals surface area contributed by atoms with E-state index in [1.54, 1.807) is 11.8 Å². The summed E-state index contributed by atoms with van der Waals surface area (Å²) in [6, 6.07) is 17.9. The summed E-state index contributed by atoms with van der Waals surface area (Å²) in [6.45, 7) is 4.74. The molecule has 1 aliphatic heterocycles. The lowest BCUT2D eigenvalue weighted by Crippen LogP contribution is -2.32. The molecule has 142 valence electrons. The number of carbonyl (C=O) groups excluding carboxylic acids is 2. The van der Waals surface area contributed by atoms with Gasteiger partial charge in [0.1, 0.15) is 5.37 Å². The number of thioether (sulfide) groups is 1. The third-order valence-electron chi connectivity index (χ3n) is 4.72. The molecular weight excluding hydrogens is 356 g/mol. The second kappa shape index (κ2) is 9.09. The lowest BCUT2D eigenvalue weighted by atomic mass is 10.1. The minimum Gasteiger partial charge on any atom is -0.350 e. The average molecular weight is 383 g/mol. The molecule has 1 aliphatic rings. The van der Waals surface area contributed by atoms with Crippen molar-refractivity contribution in [2.45, 2.75) is 44.6 Å². The van der Waals surface area contributed by atoms with Gasteiger partial charge in [0, 0.05) is 18.2 Å². The first-order valence-corrected chi connectivity index (χ1v) is 10.5. The molecule has 0 radical (unpaired) electrons. The monoisotopic (exact) mass is 382 g/mol. The van der Waals surface area contributed by atoms with Crippen LogP contribution in [0.4, 0.5) is 0 Å².